The van der Waals surface area contributed by atoms with Crippen LogP contribution < -0.4 is 11.1 Å². The van der Waals surface area contributed by atoms with Gasteiger partial charge in [-0.15, -0.1) is 0 Å². The Morgan fingerprint density at radius 1 is 1.26 bits per heavy atom. The molecule has 6 heteroatoms. The van der Waals surface area contributed by atoms with Crippen molar-refractivity contribution in [2.75, 3.05) is 12.8 Å². The number of carbonyl (C=O) groups excluding carboxylic acids is 1. The lowest BCUT2D eigenvalue weighted by molar-refractivity contribution is 0.0918. The number of hydrogen-bond acceptors (Lipinski definition) is 3. The Morgan fingerprint density at radius 2 is 1.93 bits per heavy atom. The molecule has 0 bridgehead atoms. The zero-order chi connectivity index (χ0) is 19.4. The maximum absolute atomic E-state index is 12.5. The molecular formula is C21H25ClN2O2S. The topological polar surface area (TPSA) is 78.2 Å². The third kappa shape index (κ3) is 4.66. The molecule has 27 heavy (non-hydrogen) atoms. The van der Waals surface area contributed by atoms with Gasteiger partial charge < -0.3 is 15.6 Å². The van der Waals surface area contributed by atoms with E-state index in [1.807, 2.05) is 18.2 Å². The summed E-state index contributed by atoms with van der Waals surface area (Å²) in [6, 6.07) is 15.0. The third-order valence-electron chi connectivity index (χ3n) is 5.55. The summed E-state index contributed by atoms with van der Waals surface area (Å²) < 4.78 is 11.5. The third-order valence-corrected chi connectivity index (χ3v) is 6.73. The van der Waals surface area contributed by atoms with Crippen LogP contribution in [0.25, 0.3) is 0 Å². The number of hydrogen-bond donors (Lipinski definition) is 2. The maximum Gasteiger partial charge on any atom is 0.251 e. The summed E-state index contributed by atoms with van der Waals surface area (Å²) >= 11 is 5.12. The van der Waals surface area contributed by atoms with Crippen LogP contribution >= 0.6 is 11.6 Å². The van der Waals surface area contributed by atoms with Gasteiger partial charge in [0.05, 0.1) is 0 Å². The van der Waals surface area contributed by atoms with Crippen LogP contribution in [0.4, 0.5) is 0 Å². The number of nitrogens with one attached hydrogen (secondary N) is 1. The second-order valence-electron chi connectivity index (χ2n) is 7.22. The van der Waals surface area contributed by atoms with Crippen molar-refractivity contribution in [3.8, 4) is 0 Å². The molecule has 0 spiro atoms. The molecule has 3 rings (SSSR count). The summed E-state index contributed by atoms with van der Waals surface area (Å²) in [5, 5.41) is 3.86. The molecule has 0 radical (unpaired) electrons. The molecule has 4 nitrogen and oxygen atoms in total. The van der Waals surface area contributed by atoms with E-state index in [0.717, 1.165) is 35.6 Å². The van der Waals surface area contributed by atoms with Crippen molar-refractivity contribution in [1.82, 2.24) is 5.32 Å². The van der Waals surface area contributed by atoms with Gasteiger partial charge in [0, 0.05) is 28.6 Å². The van der Waals surface area contributed by atoms with Gasteiger partial charge in [-0.3, -0.25) is 4.79 Å². The Kier molecular flexibility index (Phi) is 6.48. The normalized spacial score (nSPS) is 23.6. The molecule has 0 aliphatic heterocycles. The highest BCUT2D eigenvalue weighted by molar-refractivity contribution is 7.90. The van der Waals surface area contributed by atoms with Crippen molar-refractivity contribution in [2.24, 2.45) is 5.73 Å². The van der Waals surface area contributed by atoms with E-state index in [9.17, 15) is 9.35 Å². The zero-order valence-corrected chi connectivity index (χ0v) is 17.0. The van der Waals surface area contributed by atoms with Gasteiger partial charge >= 0.3 is 0 Å². The van der Waals surface area contributed by atoms with Crippen LogP contribution in [-0.4, -0.2) is 29.3 Å². The van der Waals surface area contributed by atoms with Crippen molar-refractivity contribution in [3.63, 3.8) is 0 Å². The Morgan fingerprint density at radius 3 is 2.48 bits per heavy atom. The number of carbonyl (C=O) groups is 1. The lowest BCUT2D eigenvalue weighted by Crippen LogP contribution is -2.45. The average Bonchev–Trinajstić information content (AvgIpc) is 2.69. The summed E-state index contributed by atoms with van der Waals surface area (Å²) in [4.78, 5) is 13.2. The molecule has 1 atom stereocenters. The number of nitrogens with two attached hydrogens (primary N) is 1. The first-order valence-corrected chi connectivity index (χ1v) is 11.1. The van der Waals surface area contributed by atoms with Crippen molar-refractivity contribution in [3.05, 3.63) is 64.7 Å². The fraction of sp³-hybridized carbons (Fsp3) is 0.381. The van der Waals surface area contributed by atoms with E-state index in [0.29, 0.717) is 12.1 Å². The molecule has 0 saturated heterocycles. The van der Waals surface area contributed by atoms with E-state index in [1.54, 1.807) is 30.5 Å². The summed E-state index contributed by atoms with van der Waals surface area (Å²) in [6.07, 6.45) is 5.23. The largest absolute Gasteiger partial charge is 0.612 e. The van der Waals surface area contributed by atoms with Crippen LogP contribution in [-0.2, 0) is 16.6 Å². The van der Waals surface area contributed by atoms with Crippen LogP contribution in [0, 0.1) is 0 Å². The smallest absolute Gasteiger partial charge is 0.251 e. The molecule has 1 fully saturated rings. The molecule has 2 aromatic rings. The predicted octanol–water partition coefficient (Wildman–Crippen LogP) is 3.65. The van der Waals surface area contributed by atoms with Gasteiger partial charge in [-0.05, 0) is 78.8 Å². The molecule has 0 aromatic heterocycles. The molecular weight excluding hydrogens is 380 g/mol. The monoisotopic (exact) mass is 404 g/mol. The maximum atomic E-state index is 12.5. The Bertz CT molecular complexity index is 787. The van der Waals surface area contributed by atoms with Gasteiger partial charge in [0.2, 0.25) is 0 Å². The summed E-state index contributed by atoms with van der Waals surface area (Å²) in [5.41, 5.74) is 7.85. The van der Waals surface area contributed by atoms with E-state index < -0.39 is 11.2 Å². The van der Waals surface area contributed by atoms with E-state index in [1.165, 1.54) is 5.56 Å². The lowest BCUT2D eigenvalue weighted by Gasteiger charge is -2.40. The molecule has 1 saturated carbocycles. The minimum absolute atomic E-state index is 0.0705. The van der Waals surface area contributed by atoms with E-state index in [-0.39, 0.29) is 17.4 Å². The second-order valence-corrected chi connectivity index (χ2v) is 9.04. The van der Waals surface area contributed by atoms with Gasteiger partial charge in [-0.2, -0.15) is 0 Å². The Labute approximate surface area is 168 Å². The van der Waals surface area contributed by atoms with E-state index >= 15 is 0 Å². The van der Waals surface area contributed by atoms with Gasteiger partial charge in [0.15, 0.2) is 4.90 Å². The number of benzene rings is 2. The Balaban J connectivity index is 1.62. The molecule has 1 aliphatic rings. The summed E-state index contributed by atoms with van der Waals surface area (Å²) in [6.45, 7) is 0.573. The molecule has 0 heterocycles. The predicted molar refractivity (Wildman–Crippen MR) is 111 cm³/mol. The zero-order valence-electron chi connectivity index (χ0n) is 15.4. The average molecular weight is 405 g/mol. The van der Waals surface area contributed by atoms with Crippen molar-refractivity contribution >= 4 is 28.7 Å². The van der Waals surface area contributed by atoms with Gasteiger partial charge in [-0.1, -0.05) is 23.7 Å². The van der Waals surface area contributed by atoms with Crippen LogP contribution in [0.3, 0.4) is 0 Å². The second kappa shape index (κ2) is 8.65. The van der Waals surface area contributed by atoms with Crippen molar-refractivity contribution in [2.45, 2.75) is 42.0 Å². The highest BCUT2D eigenvalue weighted by Crippen LogP contribution is 2.39. The highest BCUT2D eigenvalue weighted by Gasteiger charge is 2.36. The standard InChI is InChI=1S/C21H25ClN2O2S/c1-27(26)19-7-5-15(6-8-19)20(25)24-18-9-11-21(14-23,12-10-18)16-3-2-4-17(22)13-16/h2-8,13,18H,9-12,14,23H2,1H3,(H,24,25)/t18-,21-,27?. The van der Waals surface area contributed by atoms with Crippen molar-refractivity contribution in [1.29, 1.82) is 0 Å². The fourth-order valence-corrected chi connectivity index (χ4v) is 4.52. The summed E-state index contributed by atoms with van der Waals surface area (Å²) in [5.74, 6) is -0.0866. The van der Waals surface area contributed by atoms with Gasteiger partial charge in [0.25, 0.3) is 5.91 Å². The van der Waals surface area contributed by atoms with E-state index in [4.69, 9.17) is 17.3 Å². The lowest BCUT2D eigenvalue weighted by atomic mass is 9.68. The molecule has 3 N–H and O–H groups in total. The molecule has 1 unspecified atom stereocenters. The Hall–Kier alpha value is -1.53. The molecule has 1 aliphatic carbocycles. The summed E-state index contributed by atoms with van der Waals surface area (Å²) in [7, 11) is 0. The van der Waals surface area contributed by atoms with Crippen molar-refractivity contribution < 1.29 is 9.35 Å². The van der Waals surface area contributed by atoms with Crippen LogP contribution in [0.2, 0.25) is 5.02 Å². The number of halogens is 1. The van der Waals surface area contributed by atoms with Gasteiger partial charge in [0.1, 0.15) is 6.26 Å². The quantitative estimate of drug-likeness (QED) is 0.746. The van der Waals surface area contributed by atoms with Gasteiger partial charge in [-0.25, -0.2) is 0 Å². The number of amides is 1. The van der Waals surface area contributed by atoms with Crippen LogP contribution in [0.15, 0.2) is 53.4 Å². The minimum atomic E-state index is -1.04. The first-order chi connectivity index (χ1) is 12.9. The molecule has 144 valence electrons. The SMILES string of the molecule is C[S+]([O-])c1ccc(C(=O)N[C@H]2CC[C@](CN)(c3cccc(Cl)c3)CC2)cc1. The highest BCUT2D eigenvalue weighted by atomic mass is 35.5. The first kappa shape index (κ1) is 20.2. The molecule has 1 amide bonds. The number of rotatable bonds is 5. The fourth-order valence-electron chi connectivity index (χ4n) is 3.81. The molecule has 2 aromatic carbocycles. The van der Waals surface area contributed by atoms with Crippen LogP contribution in [0.5, 0.6) is 0 Å². The first-order valence-electron chi connectivity index (χ1n) is 9.14. The minimum Gasteiger partial charge on any atom is -0.612 e. The van der Waals surface area contributed by atoms with Crippen LogP contribution in [0.1, 0.15) is 41.6 Å². The van der Waals surface area contributed by atoms with E-state index in [2.05, 4.69) is 11.4 Å².